The zero-order valence-corrected chi connectivity index (χ0v) is 11.5. The summed E-state index contributed by atoms with van der Waals surface area (Å²) in [5, 5.41) is 2.83. The van der Waals surface area contributed by atoms with Crippen LogP contribution in [0.1, 0.15) is 18.4 Å². The summed E-state index contributed by atoms with van der Waals surface area (Å²) in [6, 6.07) is 4.51. The lowest BCUT2D eigenvalue weighted by Gasteiger charge is -2.21. The van der Waals surface area contributed by atoms with Gasteiger partial charge in [0.1, 0.15) is 6.04 Å². The summed E-state index contributed by atoms with van der Waals surface area (Å²) in [5.74, 6) is 1.21. The van der Waals surface area contributed by atoms with E-state index < -0.39 is 12.1 Å². The first-order valence-electron chi connectivity index (χ1n) is 6.87. The first-order valence-corrected chi connectivity index (χ1v) is 6.87. The van der Waals surface area contributed by atoms with Crippen LogP contribution >= 0.6 is 0 Å². The molecule has 0 unspecified atom stereocenters. The molecule has 2 aliphatic heterocycles. The van der Waals surface area contributed by atoms with E-state index in [9.17, 15) is 9.59 Å². The van der Waals surface area contributed by atoms with Crippen LogP contribution in [0.3, 0.4) is 0 Å². The molecule has 1 aromatic rings. The third kappa shape index (κ3) is 2.72. The summed E-state index contributed by atoms with van der Waals surface area (Å²) in [6.45, 7) is 1.14. The second-order valence-corrected chi connectivity index (χ2v) is 5.10. The molecule has 7 nitrogen and oxygen atoms in total. The van der Waals surface area contributed by atoms with Crippen molar-refractivity contribution in [1.29, 1.82) is 0 Å². The minimum absolute atomic E-state index is 0.177. The van der Waals surface area contributed by atoms with Gasteiger partial charge in [-0.3, -0.25) is 4.79 Å². The van der Waals surface area contributed by atoms with Gasteiger partial charge in [-0.1, -0.05) is 6.07 Å². The maximum Gasteiger partial charge on any atom is 0.315 e. The number of carbonyl (C=O) groups excluding carboxylic acids is 2. The molecular weight excluding hydrogens is 274 g/mol. The summed E-state index contributed by atoms with van der Waals surface area (Å²) in [6.07, 6.45) is 1.45. The van der Waals surface area contributed by atoms with Crippen LogP contribution in [0.2, 0.25) is 0 Å². The van der Waals surface area contributed by atoms with E-state index in [1.54, 1.807) is 0 Å². The van der Waals surface area contributed by atoms with Crippen molar-refractivity contribution in [3.05, 3.63) is 23.8 Å². The number of fused-ring (bicyclic) bond motifs is 1. The predicted molar refractivity (Wildman–Crippen MR) is 73.7 cm³/mol. The van der Waals surface area contributed by atoms with Crippen LogP contribution < -0.4 is 20.5 Å². The number of urea groups is 1. The van der Waals surface area contributed by atoms with Crippen molar-refractivity contribution in [1.82, 2.24) is 10.2 Å². The maximum atomic E-state index is 12.2. The van der Waals surface area contributed by atoms with Crippen LogP contribution in [0.4, 0.5) is 4.79 Å². The molecule has 3 amide bonds. The molecule has 1 atom stereocenters. The third-order valence-electron chi connectivity index (χ3n) is 3.74. The minimum Gasteiger partial charge on any atom is -0.454 e. The molecule has 0 radical (unpaired) electrons. The number of hydrogen-bond acceptors (Lipinski definition) is 4. The van der Waals surface area contributed by atoms with E-state index in [4.69, 9.17) is 15.2 Å². The Morgan fingerprint density at radius 2 is 2.14 bits per heavy atom. The van der Waals surface area contributed by atoms with E-state index in [0.717, 1.165) is 12.0 Å². The largest absolute Gasteiger partial charge is 0.454 e. The van der Waals surface area contributed by atoms with Crippen LogP contribution in [0.15, 0.2) is 18.2 Å². The Balaban J connectivity index is 1.60. The van der Waals surface area contributed by atoms with Crippen LogP contribution in [-0.4, -0.2) is 36.2 Å². The van der Waals surface area contributed by atoms with Crippen molar-refractivity contribution in [2.24, 2.45) is 5.73 Å². The van der Waals surface area contributed by atoms with Gasteiger partial charge >= 0.3 is 6.03 Å². The van der Waals surface area contributed by atoms with Gasteiger partial charge in [0.2, 0.25) is 12.7 Å². The Morgan fingerprint density at radius 3 is 2.95 bits per heavy atom. The van der Waals surface area contributed by atoms with Crippen LogP contribution in [0.5, 0.6) is 11.5 Å². The zero-order valence-electron chi connectivity index (χ0n) is 11.5. The van der Waals surface area contributed by atoms with E-state index in [1.165, 1.54) is 4.90 Å². The molecule has 3 rings (SSSR count). The smallest absolute Gasteiger partial charge is 0.315 e. The minimum atomic E-state index is -0.546. The molecule has 1 saturated heterocycles. The van der Waals surface area contributed by atoms with Gasteiger partial charge in [-0.05, 0) is 30.5 Å². The quantitative estimate of drug-likeness (QED) is 0.851. The lowest BCUT2D eigenvalue weighted by atomic mass is 10.1. The standard InChI is InChI=1S/C14H17N3O4/c15-14(19)17-5-1-2-10(17)13(18)16-7-9-3-4-11-12(6-9)21-8-20-11/h3-4,6,10H,1-2,5,7-8H2,(H2,15,19)(H,16,18)/t10-/m1/s1. The number of hydrogen-bond donors (Lipinski definition) is 2. The maximum absolute atomic E-state index is 12.2. The number of ether oxygens (including phenoxy) is 2. The van der Waals surface area contributed by atoms with Crippen LogP contribution in [0.25, 0.3) is 0 Å². The number of benzene rings is 1. The van der Waals surface area contributed by atoms with Crippen molar-refractivity contribution in [2.75, 3.05) is 13.3 Å². The van der Waals surface area contributed by atoms with E-state index in [0.29, 0.717) is 31.0 Å². The number of rotatable bonds is 3. The molecule has 0 bridgehead atoms. The van der Waals surface area contributed by atoms with E-state index in [2.05, 4.69) is 5.32 Å². The monoisotopic (exact) mass is 291 g/mol. The van der Waals surface area contributed by atoms with Gasteiger partial charge in [-0.15, -0.1) is 0 Å². The molecule has 1 aromatic carbocycles. The molecule has 2 heterocycles. The first kappa shape index (κ1) is 13.5. The Hall–Kier alpha value is -2.44. The summed E-state index contributed by atoms with van der Waals surface area (Å²) >= 11 is 0. The molecule has 0 aromatic heterocycles. The number of likely N-dealkylation sites (tertiary alicyclic amines) is 1. The van der Waals surface area contributed by atoms with Gasteiger partial charge in [0.25, 0.3) is 0 Å². The second kappa shape index (κ2) is 5.51. The van der Waals surface area contributed by atoms with E-state index >= 15 is 0 Å². The number of carbonyl (C=O) groups is 2. The lowest BCUT2D eigenvalue weighted by Crippen LogP contribution is -2.47. The predicted octanol–water partition coefficient (Wildman–Crippen LogP) is 0.575. The van der Waals surface area contributed by atoms with Gasteiger partial charge < -0.3 is 25.4 Å². The van der Waals surface area contributed by atoms with Gasteiger partial charge in [0, 0.05) is 13.1 Å². The Morgan fingerprint density at radius 1 is 1.33 bits per heavy atom. The van der Waals surface area contributed by atoms with Gasteiger partial charge in [-0.25, -0.2) is 4.79 Å². The Bertz CT molecular complexity index is 575. The average molecular weight is 291 g/mol. The van der Waals surface area contributed by atoms with E-state index in [-0.39, 0.29) is 12.7 Å². The van der Waals surface area contributed by atoms with Crippen molar-refractivity contribution < 1.29 is 19.1 Å². The Kier molecular flexibility index (Phi) is 3.55. The summed E-state index contributed by atoms with van der Waals surface area (Å²) < 4.78 is 10.5. The topological polar surface area (TPSA) is 93.9 Å². The molecule has 1 fully saturated rings. The zero-order chi connectivity index (χ0) is 14.8. The summed E-state index contributed by atoms with van der Waals surface area (Å²) in [7, 11) is 0. The van der Waals surface area contributed by atoms with Gasteiger partial charge in [0.15, 0.2) is 11.5 Å². The van der Waals surface area contributed by atoms with Crippen LogP contribution in [-0.2, 0) is 11.3 Å². The highest BCUT2D eigenvalue weighted by atomic mass is 16.7. The molecule has 0 aliphatic carbocycles. The second-order valence-electron chi connectivity index (χ2n) is 5.10. The molecule has 2 aliphatic rings. The number of primary amides is 1. The SMILES string of the molecule is NC(=O)N1CCC[C@@H]1C(=O)NCc1ccc2c(c1)OCO2. The molecule has 0 saturated carbocycles. The average Bonchev–Trinajstić information content (AvgIpc) is 3.12. The van der Waals surface area contributed by atoms with Crippen molar-refractivity contribution in [3.8, 4) is 11.5 Å². The van der Waals surface area contributed by atoms with Crippen LogP contribution in [0, 0.1) is 0 Å². The fraction of sp³-hybridized carbons (Fsp3) is 0.429. The normalized spacial score (nSPS) is 19.6. The molecule has 0 spiro atoms. The first-order chi connectivity index (χ1) is 10.1. The van der Waals surface area contributed by atoms with Crippen molar-refractivity contribution >= 4 is 11.9 Å². The van der Waals surface area contributed by atoms with Crippen molar-refractivity contribution in [3.63, 3.8) is 0 Å². The summed E-state index contributed by atoms with van der Waals surface area (Å²) in [4.78, 5) is 24.8. The molecular formula is C14H17N3O4. The molecule has 7 heteroatoms. The molecule has 112 valence electrons. The summed E-state index contributed by atoms with van der Waals surface area (Å²) in [5.41, 5.74) is 6.18. The highest BCUT2D eigenvalue weighted by Gasteiger charge is 2.32. The van der Waals surface area contributed by atoms with E-state index in [1.807, 2.05) is 18.2 Å². The Labute approximate surface area is 122 Å². The van der Waals surface area contributed by atoms with Crippen molar-refractivity contribution in [2.45, 2.75) is 25.4 Å². The fourth-order valence-electron chi connectivity index (χ4n) is 2.66. The molecule has 3 N–H and O–H groups in total. The van der Waals surface area contributed by atoms with Gasteiger partial charge in [-0.2, -0.15) is 0 Å². The van der Waals surface area contributed by atoms with Gasteiger partial charge in [0.05, 0.1) is 0 Å². The highest BCUT2D eigenvalue weighted by Crippen LogP contribution is 2.32. The highest BCUT2D eigenvalue weighted by molar-refractivity contribution is 5.87. The molecule has 21 heavy (non-hydrogen) atoms. The number of nitrogens with one attached hydrogen (secondary N) is 1. The number of nitrogens with two attached hydrogens (primary N) is 1. The fourth-order valence-corrected chi connectivity index (χ4v) is 2.66. The number of nitrogens with zero attached hydrogens (tertiary/aromatic N) is 1. The number of amides is 3. The third-order valence-corrected chi connectivity index (χ3v) is 3.74. The lowest BCUT2D eigenvalue weighted by molar-refractivity contribution is -0.124.